The molecule has 82 valence electrons. The molecular weight excluding hydrogens is 196 g/mol. The normalized spacial score (nSPS) is 10.4. The zero-order valence-corrected chi connectivity index (χ0v) is 9.62. The highest BCUT2D eigenvalue weighted by Crippen LogP contribution is 2.31. The molecule has 0 aliphatic rings. The molecule has 0 atom stereocenters. The predicted octanol–water partition coefficient (Wildman–Crippen LogP) is 3.13. The first-order valence-electron chi connectivity index (χ1n) is 5.31. The molecule has 0 heterocycles. The van der Waals surface area contributed by atoms with Gasteiger partial charge in [-0.15, -0.1) is 0 Å². The molecule has 0 fully saturated rings. The van der Waals surface area contributed by atoms with Crippen molar-refractivity contribution in [1.29, 1.82) is 0 Å². The molecule has 0 radical (unpaired) electrons. The average molecular weight is 212 g/mol. The van der Waals surface area contributed by atoms with Gasteiger partial charge in [0.2, 0.25) is 0 Å². The summed E-state index contributed by atoms with van der Waals surface area (Å²) in [6.45, 7) is 4.07. The Labute approximate surface area is 95.9 Å². The third kappa shape index (κ3) is 1.74. The lowest BCUT2D eigenvalue weighted by Crippen LogP contribution is -1.95. The van der Waals surface area contributed by atoms with Gasteiger partial charge in [0.15, 0.2) is 0 Å². The van der Waals surface area contributed by atoms with Gasteiger partial charge in [0.05, 0.1) is 0 Å². The number of nitrogen functional groups attached to an aromatic ring is 2. The number of nitrogens with two attached hydrogens (primary N) is 2. The van der Waals surface area contributed by atoms with E-state index in [9.17, 15) is 0 Å². The molecule has 2 heteroatoms. The van der Waals surface area contributed by atoms with Crippen LogP contribution in [0.3, 0.4) is 0 Å². The van der Waals surface area contributed by atoms with Crippen LogP contribution in [0.4, 0.5) is 11.4 Å². The Morgan fingerprint density at radius 3 is 2.25 bits per heavy atom. The third-order valence-electron chi connectivity index (χ3n) is 2.86. The Morgan fingerprint density at radius 2 is 1.56 bits per heavy atom. The monoisotopic (exact) mass is 212 g/mol. The van der Waals surface area contributed by atoms with Crippen LogP contribution in [0.2, 0.25) is 0 Å². The molecular formula is C14H16N2. The molecule has 0 unspecified atom stereocenters. The highest BCUT2D eigenvalue weighted by atomic mass is 14.6. The summed E-state index contributed by atoms with van der Waals surface area (Å²) in [5.74, 6) is 0. The average Bonchev–Trinajstić information content (AvgIpc) is 2.23. The van der Waals surface area contributed by atoms with Gasteiger partial charge in [-0.25, -0.2) is 0 Å². The number of benzene rings is 2. The summed E-state index contributed by atoms with van der Waals surface area (Å²) in [6.07, 6.45) is 0. The molecule has 2 aromatic carbocycles. The molecule has 2 aromatic rings. The fraction of sp³-hybridized carbons (Fsp3) is 0.143. The van der Waals surface area contributed by atoms with Gasteiger partial charge in [0.1, 0.15) is 0 Å². The number of aryl methyl sites for hydroxylation is 2. The van der Waals surface area contributed by atoms with Crippen LogP contribution in [0.5, 0.6) is 0 Å². The van der Waals surface area contributed by atoms with Gasteiger partial charge in [-0.3, -0.25) is 0 Å². The standard InChI is InChI=1S/C14H16N2/c1-9-4-3-5-13(14(9)16)12-7-6-11(15)8-10(12)2/h3-8H,15-16H2,1-2H3. The van der Waals surface area contributed by atoms with E-state index in [4.69, 9.17) is 11.5 Å². The van der Waals surface area contributed by atoms with Gasteiger partial charge in [0, 0.05) is 16.9 Å². The Morgan fingerprint density at radius 1 is 0.812 bits per heavy atom. The third-order valence-corrected chi connectivity index (χ3v) is 2.86. The van der Waals surface area contributed by atoms with Crippen LogP contribution < -0.4 is 11.5 Å². The Balaban J connectivity index is 2.63. The molecule has 0 aliphatic carbocycles. The highest BCUT2D eigenvalue weighted by molar-refractivity contribution is 5.81. The predicted molar refractivity (Wildman–Crippen MR) is 70.2 cm³/mol. The van der Waals surface area contributed by atoms with E-state index < -0.39 is 0 Å². The van der Waals surface area contributed by atoms with Crippen LogP contribution in [-0.4, -0.2) is 0 Å². The minimum Gasteiger partial charge on any atom is -0.399 e. The van der Waals surface area contributed by atoms with E-state index in [1.807, 2.05) is 50.2 Å². The number of anilines is 2. The second kappa shape index (κ2) is 3.89. The van der Waals surface area contributed by atoms with E-state index in [0.29, 0.717) is 0 Å². The molecule has 0 amide bonds. The van der Waals surface area contributed by atoms with Gasteiger partial charge in [-0.05, 0) is 42.7 Å². The molecule has 2 nitrogen and oxygen atoms in total. The summed E-state index contributed by atoms with van der Waals surface area (Å²) in [7, 11) is 0. The molecule has 0 aliphatic heterocycles. The van der Waals surface area contributed by atoms with Crippen molar-refractivity contribution in [3.8, 4) is 11.1 Å². The molecule has 0 saturated heterocycles. The lowest BCUT2D eigenvalue weighted by Gasteiger charge is -2.11. The lowest BCUT2D eigenvalue weighted by atomic mass is 9.97. The van der Waals surface area contributed by atoms with Crippen LogP contribution in [0.25, 0.3) is 11.1 Å². The lowest BCUT2D eigenvalue weighted by molar-refractivity contribution is 1.43. The van der Waals surface area contributed by atoms with E-state index in [1.54, 1.807) is 0 Å². The molecule has 16 heavy (non-hydrogen) atoms. The second-order valence-corrected chi connectivity index (χ2v) is 4.11. The Kier molecular flexibility index (Phi) is 2.57. The van der Waals surface area contributed by atoms with E-state index in [1.165, 1.54) is 0 Å². The molecule has 0 spiro atoms. The van der Waals surface area contributed by atoms with E-state index in [0.717, 1.165) is 33.6 Å². The van der Waals surface area contributed by atoms with Gasteiger partial charge in [-0.1, -0.05) is 24.3 Å². The van der Waals surface area contributed by atoms with Crippen molar-refractivity contribution in [3.05, 3.63) is 47.5 Å². The minimum absolute atomic E-state index is 0.785. The first-order chi connectivity index (χ1) is 7.59. The molecule has 0 saturated carbocycles. The maximum atomic E-state index is 6.09. The van der Waals surface area contributed by atoms with Crippen molar-refractivity contribution < 1.29 is 0 Å². The number of hydrogen-bond acceptors (Lipinski definition) is 2. The van der Waals surface area contributed by atoms with E-state index >= 15 is 0 Å². The summed E-state index contributed by atoms with van der Waals surface area (Å²) in [5, 5.41) is 0. The van der Waals surface area contributed by atoms with Crippen molar-refractivity contribution in [2.75, 3.05) is 11.5 Å². The highest BCUT2D eigenvalue weighted by Gasteiger charge is 2.06. The largest absolute Gasteiger partial charge is 0.399 e. The number of hydrogen-bond donors (Lipinski definition) is 2. The zero-order chi connectivity index (χ0) is 11.7. The first kappa shape index (κ1) is 10.6. The van der Waals surface area contributed by atoms with Crippen molar-refractivity contribution in [1.82, 2.24) is 0 Å². The minimum atomic E-state index is 0.785. The van der Waals surface area contributed by atoms with Crippen molar-refractivity contribution >= 4 is 11.4 Å². The van der Waals surface area contributed by atoms with E-state index in [-0.39, 0.29) is 0 Å². The van der Waals surface area contributed by atoms with E-state index in [2.05, 4.69) is 0 Å². The number of para-hydroxylation sites is 1. The fourth-order valence-corrected chi connectivity index (χ4v) is 1.90. The first-order valence-corrected chi connectivity index (χ1v) is 5.31. The van der Waals surface area contributed by atoms with Crippen LogP contribution in [0.1, 0.15) is 11.1 Å². The maximum absolute atomic E-state index is 6.09. The summed E-state index contributed by atoms with van der Waals surface area (Å²) < 4.78 is 0. The summed E-state index contributed by atoms with van der Waals surface area (Å²) in [6, 6.07) is 12.0. The second-order valence-electron chi connectivity index (χ2n) is 4.11. The van der Waals surface area contributed by atoms with Crippen LogP contribution >= 0.6 is 0 Å². The Bertz CT molecular complexity index is 530. The van der Waals surface area contributed by atoms with Gasteiger partial charge in [0.25, 0.3) is 0 Å². The molecule has 2 rings (SSSR count). The fourth-order valence-electron chi connectivity index (χ4n) is 1.90. The summed E-state index contributed by atoms with van der Waals surface area (Å²) in [4.78, 5) is 0. The summed E-state index contributed by atoms with van der Waals surface area (Å²) >= 11 is 0. The molecule has 0 aromatic heterocycles. The van der Waals surface area contributed by atoms with Gasteiger partial charge >= 0.3 is 0 Å². The topological polar surface area (TPSA) is 52.0 Å². The van der Waals surface area contributed by atoms with Crippen LogP contribution in [-0.2, 0) is 0 Å². The van der Waals surface area contributed by atoms with Gasteiger partial charge < -0.3 is 11.5 Å². The quantitative estimate of drug-likeness (QED) is 0.713. The van der Waals surface area contributed by atoms with Gasteiger partial charge in [-0.2, -0.15) is 0 Å². The SMILES string of the molecule is Cc1cc(N)ccc1-c1cccc(C)c1N. The zero-order valence-electron chi connectivity index (χ0n) is 9.62. The van der Waals surface area contributed by atoms with Crippen LogP contribution in [0.15, 0.2) is 36.4 Å². The van der Waals surface area contributed by atoms with Crippen molar-refractivity contribution in [2.45, 2.75) is 13.8 Å². The molecule has 0 bridgehead atoms. The maximum Gasteiger partial charge on any atom is 0.0423 e. The van der Waals surface area contributed by atoms with Crippen LogP contribution in [0, 0.1) is 13.8 Å². The smallest absolute Gasteiger partial charge is 0.0423 e. The van der Waals surface area contributed by atoms with Crippen molar-refractivity contribution in [3.63, 3.8) is 0 Å². The van der Waals surface area contributed by atoms with Crippen molar-refractivity contribution in [2.24, 2.45) is 0 Å². The summed E-state index contributed by atoms with van der Waals surface area (Å²) in [5.41, 5.74) is 17.9. The number of rotatable bonds is 1. The molecule has 4 N–H and O–H groups in total. The Hall–Kier alpha value is -1.96.